The Bertz CT molecular complexity index is 649. The number of nitrogens with zero attached hydrogens (tertiary/aromatic N) is 2. The molecule has 0 bridgehead atoms. The minimum atomic E-state index is -0.480. The highest BCUT2D eigenvalue weighted by atomic mass is 79.9. The van der Waals surface area contributed by atoms with Gasteiger partial charge in [0, 0.05) is 16.2 Å². The lowest BCUT2D eigenvalue weighted by atomic mass is 10.2. The molecule has 1 aromatic carbocycles. The van der Waals surface area contributed by atoms with E-state index in [-0.39, 0.29) is 11.6 Å². The Labute approximate surface area is 122 Å². The van der Waals surface area contributed by atoms with Gasteiger partial charge in [0.25, 0.3) is 5.69 Å². The van der Waals surface area contributed by atoms with Crippen LogP contribution in [0.2, 0.25) is 5.02 Å². The Balaban J connectivity index is 2.36. The number of hydrogen-bond acceptors (Lipinski definition) is 4. The fourth-order valence-electron chi connectivity index (χ4n) is 1.42. The van der Waals surface area contributed by atoms with Gasteiger partial charge in [0.2, 0.25) is 5.88 Å². The molecular weight excluding hydrogens is 336 g/mol. The molecule has 0 aliphatic carbocycles. The number of halogens is 2. The molecule has 1 heterocycles. The summed E-state index contributed by atoms with van der Waals surface area (Å²) < 4.78 is 6.24. The topological polar surface area (TPSA) is 65.3 Å². The van der Waals surface area contributed by atoms with Crippen LogP contribution in [0.25, 0.3) is 0 Å². The van der Waals surface area contributed by atoms with Crippen LogP contribution in [0.3, 0.4) is 0 Å². The summed E-state index contributed by atoms with van der Waals surface area (Å²) in [6.45, 7) is 1.61. The van der Waals surface area contributed by atoms with Gasteiger partial charge in [-0.3, -0.25) is 10.1 Å². The average Bonchev–Trinajstić information content (AvgIpc) is 2.36. The van der Waals surface area contributed by atoms with Crippen LogP contribution in [0.4, 0.5) is 5.69 Å². The second-order valence-electron chi connectivity index (χ2n) is 3.74. The van der Waals surface area contributed by atoms with E-state index in [9.17, 15) is 10.1 Å². The highest BCUT2D eigenvalue weighted by Crippen LogP contribution is 2.32. The smallest absolute Gasteiger partial charge is 0.279 e. The van der Waals surface area contributed by atoms with Crippen LogP contribution in [0.5, 0.6) is 11.6 Å². The third-order valence-electron chi connectivity index (χ3n) is 2.35. The van der Waals surface area contributed by atoms with Crippen molar-refractivity contribution in [1.82, 2.24) is 4.98 Å². The number of aromatic nitrogens is 1. The van der Waals surface area contributed by atoms with Crippen LogP contribution in [0, 0.1) is 17.0 Å². The zero-order valence-corrected chi connectivity index (χ0v) is 12.1. The van der Waals surface area contributed by atoms with E-state index >= 15 is 0 Å². The molecule has 98 valence electrons. The second kappa shape index (κ2) is 5.54. The summed E-state index contributed by atoms with van der Waals surface area (Å²) in [5, 5.41) is 11.2. The first-order chi connectivity index (χ1) is 8.97. The largest absolute Gasteiger partial charge is 0.437 e. The summed E-state index contributed by atoms with van der Waals surface area (Å²) in [4.78, 5) is 14.3. The van der Waals surface area contributed by atoms with Crippen LogP contribution >= 0.6 is 27.5 Å². The molecule has 5 nitrogen and oxygen atoms in total. The van der Waals surface area contributed by atoms with E-state index in [2.05, 4.69) is 20.9 Å². The Morgan fingerprint density at radius 2 is 2.16 bits per heavy atom. The van der Waals surface area contributed by atoms with Gasteiger partial charge in [-0.25, -0.2) is 4.98 Å². The van der Waals surface area contributed by atoms with E-state index < -0.39 is 4.92 Å². The Hall–Kier alpha value is -1.66. The van der Waals surface area contributed by atoms with E-state index in [0.29, 0.717) is 16.3 Å². The number of hydrogen-bond donors (Lipinski definition) is 0. The van der Waals surface area contributed by atoms with Crippen molar-refractivity contribution in [3.05, 3.63) is 55.6 Å². The fourth-order valence-corrected chi connectivity index (χ4v) is 1.91. The molecule has 19 heavy (non-hydrogen) atoms. The van der Waals surface area contributed by atoms with E-state index in [0.717, 1.165) is 4.47 Å². The van der Waals surface area contributed by atoms with Crippen molar-refractivity contribution in [2.75, 3.05) is 0 Å². The molecule has 0 spiro atoms. The number of aryl methyl sites for hydroxylation is 1. The molecule has 2 aromatic rings. The number of benzene rings is 1. The molecule has 0 saturated carbocycles. The lowest BCUT2D eigenvalue weighted by molar-refractivity contribution is -0.385. The zero-order chi connectivity index (χ0) is 14.0. The van der Waals surface area contributed by atoms with Gasteiger partial charge in [-0.1, -0.05) is 27.5 Å². The highest BCUT2D eigenvalue weighted by Gasteiger charge is 2.14. The van der Waals surface area contributed by atoms with Gasteiger partial charge in [0.15, 0.2) is 0 Å². The summed E-state index contributed by atoms with van der Waals surface area (Å²) in [5.41, 5.74) is 0.425. The van der Waals surface area contributed by atoms with Gasteiger partial charge in [-0.15, -0.1) is 0 Å². The number of rotatable bonds is 3. The molecule has 2 rings (SSSR count). The van der Waals surface area contributed by atoms with E-state index in [1.165, 1.54) is 12.3 Å². The van der Waals surface area contributed by atoms with Crippen LogP contribution in [-0.4, -0.2) is 9.91 Å². The summed E-state index contributed by atoms with van der Waals surface area (Å²) in [7, 11) is 0. The van der Waals surface area contributed by atoms with Gasteiger partial charge in [0.05, 0.1) is 16.0 Å². The van der Waals surface area contributed by atoms with Crippen LogP contribution in [-0.2, 0) is 0 Å². The Morgan fingerprint density at radius 3 is 2.84 bits per heavy atom. The number of pyridine rings is 1. The fraction of sp³-hybridized carbons (Fsp3) is 0.0833. The first-order valence-corrected chi connectivity index (χ1v) is 6.38. The molecule has 0 aliphatic heterocycles. The minimum absolute atomic E-state index is 0.0453. The van der Waals surface area contributed by atoms with E-state index in [1.54, 1.807) is 25.1 Å². The maximum Gasteiger partial charge on any atom is 0.279 e. The predicted molar refractivity (Wildman–Crippen MR) is 74.9 cm³/mol. The van der Waals surface area contributed by atoms with Gasteiger partial charge in [-0.05, 0) is 25.1 Å². The summed E-state index contributed by atoms with van der Waals surface area (Å²) in [6.07, 6.45) is 1.39. The maximum absolute atomic E-state index is 10.8. The molecule has 0 N–H and O–H groups in total. The van der Waals surface area contributed by atoms with Crippen molar-refractivity contribution in [1.29, 1.82) is 0 Å². The molecule has 7 heteroatoms. The maximum atomic E-state index is 10.8. The van der Waals surface area contributed by atoms with Crippen molar-refractivity contribution >= 4 is 33.2 Å². The first kappa shape index (κ1) is 13.8. The summed E-state index contributed by atoms with van der Waals surface area (Å²) in [5.74, 6) is 0.499. The van der Waals surface area contributed by atoms with E-state index in [1.807, 2.05) is 0 Å². The molecular formula is C12H8BrClN2O3. The minimum Gasteiger partial charge on any atom is -0.437 e. The van der Waals surface area contributed by atoms with Crippen LogP contribution in [0.1, 0.15) is 5.56 Å². The Kier molecular flexibility index (Phi) is 4.01. The quantitative estimate of drug-likeness (QED) is 0.607. The molecule has 0 atom stereocenters. The van der Waals surface area contributed by atoms with Gasteiger partial charge in [-0.2, -0.15) is 0 Å². The standard InChI is InChI=1S/C12H8BrClN2O3/c1-7-6-15-12(5-10(7)16(17)18)19-11-4-8(13)2-3-9(11)14/h2-6H,1H3. The highest BCUT2D eigenvalue weighted by molar-refractivity contribution is 9.10. The van der Waals surface area contributed by atoms with Crippen molar-refractivity contribution < 1.29 is 9.66 Å². The van der Waals surface area contributed by atoms with Gasteiger partial charge >= 0.3 is 0 Å². The lowest BCUT2D eigenvalue weighted by Crippen LogP contribution is -1.95. The molecule has 0 radical (unpaired) electrons. The van der Waals surface area contributed by atoms with Crippen molar-refractivity contribution in [3.8, 4) is 11.6 Å². The third-order valence-corrected chi connectivity index (χ3v) is 3.16. The van der Waals surface area contributed by atoms with E-state index in [4.69, 9.17) is 16.3 Å². The molecule has 0 amide bonds. The monoisotopic (exact) mass is 342 g/mol. The predicted octanol–water partition coefficient (Wildman–Crippen LogP) is 4.51. The molecule has 0 fully saturated rings. The molecule has 0 aliphatic rings. The second-order valence-corrected chi connectivity index (χ2v) is 5.07. The van der Waals surface area contributed by atoms with Crippen LogP contribution < -0.4 is 4.74 Å². The molecule has 0 unspecified atom stereocenters. The molecule has 1 aromatic heterocycles. The summed E-state index contributed by atoms with van der Waals surface area (Å²) in [6, 6.07) is 6.35. The van der Waals surface area contributed by atoms with Gasteiger partial charge < -0.3 is 4.74 Å². The van der Waals surface area contributed by atoms with Crippen molar-refractivity contribution in [3.63, 3.8) is 0 Å². The average molecular weight is 344 g/mol. The zero-order valence-electron chi connectivity index (χ0n) is 9.76. The first-order valence-electron chi connectivity index (χ1n) is 5.21. The summed E-state index contributed by atoms with van der Waals surface area (Å²) >= 11 is 9.26. The third kappa shape index (κ3) is 3.21. The van der Waals surface area contributed by atoms with Crippen molar-refractivity contribution in [2.24, 2.45) is 0 Å². The lowest BCUT2D eigenvalue weighted by Gasteiger charge is -2.07. The van der Waals surface area contributed by atoms with Gasteiger partial charge in [0.1, 0.15) is 5.75 Å². The molecule has 0 saturated heterocycles. The Morgan fingerprint density at radius 1 is 1.42 bits per heavy atom. The SMILES string of the molecule is Cc1cnc(Oc2cc(Br)ccc2Cl)cc1[N+](=O)[O-]. The van der Waals surface area contributed by atoms with Crippen molar-refractivity contribution in [2.45, 2.75) is 6.92 Å². The number of nitro groups is 1. The van der Waals surface area contributed by atoms with Crippen LogP contribution in [0.15, 0.2) is 34.9 Å². The number of ether oxygens (including phenoxy) is 1. The normalized spacial score (nSPS) is 10.3.